The molecular formula is C23H30O6. The van der Waals surface area contributed by atoms with E-state index in [1.54, 1.807) is 0 Å². The van der Waals surface area contributed by atoms with Gasteiger partial charge in [-0.15, -0.1) is 0 Å². The summed E-state index contributed by atoms with van der Waals surface area (Å²) in [6, 6.07) is 0. The maximum Gasteiger partial charge on any atom is 0.307 e. The van der Waals surface area contributed by atoms with Crippen molar-refractivity contribution in [3.05, 3.63) is 23.5 Å². The van der Waals surface area contributed by atoms with Gasteiger partial charge < -0.3 is 14.2 Å². The molecule has 158 valence electrons. The van der Waals surface area contributed by atoms with Crippen molar-refractivity contribution in [1.29, 1.82) is 0 Å². The van der Waals surface area contributed by atoms with E-state index in [2.05, 4.69) is 12.2 Å². The normalized spacial score (nSPS) is 40.1. The van der Waals surface area contributed by atoms with Crippen molar-refractivity contribution >= 4 is 17.9 Å². The number of allylic oxidation sites excluding steroid dienone is 4. The molecule has 0 aromatic rings. The highest BCUT2D eigenvalue weighted by molar-refractivity contribution is 5.68. The Morgan fingerprint density at radius 1 is 0.690 bits per heavy atom. The second-order valence-electron chi connectivity index (χ2n) is 9.27. The fourth-order valence-corrected chi connectivity index (χ4v) is 6.59. The zero-order valence-corrected chi connectivity index (χ0v) is 17.7. The molecule has 0 radical (unpaired) electrons. The number of rotatable bonds is 6. The minimum atomic E-state index is -0.282. The molecule has 6 heteroatoms. The van der Waals surface area contributed by atoms with Gasteiger partial charge in [0.05, 0.1) is 13.2 Å². The van der Waals surface area contributed by atoms with Crippen LogP contribution in [0.25, 0.3) is 0 Å². The van der Waals surface area contributed by atoms with Gasteiger partial charge in [0.15, 0.2) is 0 Å². The molecule has 0 aromatic heterocycles. The molecule has 0 heterocycles. The van der Waals surface area contributed by atoms with Crippen molar-refractivity contribution in [3.63, 3.8) is 0 Å². The van der Waals surface area contributed by atoms with Gasteiger partial charge in [-0.1, -0.05) is 12.2 Å². The summed E-state index contributed by atoms with van der Waals surface area (Å²) in [5.74, 6) is 3.29. The van der Waals surface area contributed by atoms with Crippen LogP contribution in [0.1, 0.15) is 34.6 Å². The van der Waals surface area contributed by atoms with Gasteiger partial charge in [0.2, 0.25) is 0 Å². The van der Waals surface area contributed by atoms with Gasteiger partial charge in [-0.3, -0.25) is 14.4 Å². The summed E-state index contributed by atoms with van der Waals surface area (Å²) in [5, 5.41) is 0. The van der Waals surface area contributed by atoms with E-state index in [4.69, 9.17) is 14.2 Å². The molecule has 5 aliphatic rings. The maximum absolute atomic E-state index is 11.6. The number of hydrogen-bond acceptors (Lipinski definition) is 6. The summed E-state index contributed by atoms with van der Waals surface area (Å²) >= 11 is 0. The fourth-order valence-electron chi connectivity index (χ4n) is 6.59. The smallest absolute Gasteiger partial charge is 0.307 e. The summed E-state index contributed by atoms with van der Waals surface area (Å²) in [6.07, 6.45) is 4.56. The number of fused-ring (bicyclic) bond motifs is 2. The molecule has 0 saturated heterocycles. The molecule has 1 unspecified atom stereocenters. The van der Waals surface area contributed by atoms with E-state index in [-0.39, 0.29) is 29.7 Å². The molecule has 0 N–H and O–H groups in total. The van der Waals surface area contributed by atoms with Crippen LogP contribution in [0.5, 0.6) is 0 Å². The Hall–Kier alpha value is -2.11. The highest BCUT2D eigenvalue weighted by atomic mass is 16.5. The Kier molecular flexibility index (Phi) is 5.07. The SMILES string of the molecule is CC(=O)OC[C@@H]1[C@@H]2C=C[C@H]([C@@H]1COC(C)=O)[C@H]1[C@@H]3C(C(OC(C)=O)=C(C)C)[C@@H]3[C@@H]21. The Morgan fingerprint density at radius 3 is 1.48 bits per heavy atom. The lowest BCUT2D eigenvalue weighted by atomic mass is 9.47. The molecule has 29 heavy (non-hydrogen) atoms. The minimum absolute atomic E-state index is 0.153. The largest absolute Gasteiger partial charge is 0.466 e. The van der Waals surface area contributed by atoms with Crippen molar-refractivity contribution < 1.29 is 28.6 Å². The molecule has 6 nitrogen and oxygen atoms in total. The van der Waals surface area contributed by atoms with E-state index < -0.39 is 0 Å². The Morgan fingerprint density at radius 2 is 1.14 bits per heavy atom. The standard InChI is InChI=1S/C23H30O6/c1-10(2)23(29-13(5)26)22-20-18-14-6-7-15(19(18)21(20)22)17(9-28-12(4)25)16(14)8-27-11(3)24/h6-7,14-22H,8-9H2,1-5H3/t14-,15+,16+,17-,18-,19+,20+,21-,22?. The minimum Gasteiger partial charge on any atom is -0.466 e. The number of carbonyl (C=O) groups is 3. The summed E-state index contributed by atoms with van der Waals surface area (Å²) in [6.45, 7) is 9.03. The number of carbonyl (C=O) groups excluding carboxylic acids is 3. The lowest BCUT2D eigenvalue weighted by Crippen LogP contribution is -2.56. The molecule has 2 bridgehead atoms. The first-order valence-corrected chi connectivity index (χ1v) is 10.5. The van der Waals surface area contributed by atoms with Crippen LogP contribution >= 0.6 is 0 Å². The van der Waals surface area contributed by atoms with E-state index >= 15 is 0 Å². The molecule has 0 spiro atoms. The van der Waals surface area contributed by atoms with Gasteiger partial charge in [0, 0.05) is 38.5 Å². The summed E-state index contributed by atoms with van der Waals surface area (Å²) in [5.41, 5.74) is 1.06. The lowest BCUT2D eigenvalue weighted by Gasteiger charge is -2.58. The molecular weight excluding hydrogens is 372 g/mol. The maximum atomic E-state index is 11.6. The highest BCUT2D eigenvalue weighted by Crippen LogP contribution is 2.79. The van der Waals surface area contributed by atoms with Crippen LogP contribution in [0.15, 0.2) is 23.5 Å². The highest BCUT2D eigenvalue weighted by Gasteiger charge is 2.76. The first-order chi connectivity index (χ1) is 13.7. The van der Waals surface area contributed by atoms with Gasteiger partial charge in [-0.25, -0.2) is 0 Å². The first kappa shape index (κ1) is 20.2. The van der Waals surface area contributed by atoms with Crippen molar-refractivity contribution in [2.24, 2.45) is 53.3 Å². The van der Waals surface area contributed by atoms with Gasteiger partial charge in [0.1, 0.15) is 5.76 Å². The monoisotopic (exact) mass is 402 g/mol. The average molecular weight is 402 g/mol. The molecule has 0 aliphatic heterocycles. The van der Waals surface area contributed by atoms with Gasteiger partial charge in [0.25, 0.3) is 0 Å². The Bertz CT molecular complexity index is 745. The Labute approximate surface area is 171 Å². The zero-order chi connectivity index (χ0) is 21.0. The summed E-state index contributed by atoms with van der Waals surface area (Å²) < 4.78 is 16.4. The predicted octanol–water partition coefficient (Wildman–Crippen LogP) is 3.13. The molecule has 3 fully saturated rings. The lowest BCUT2D eigenvalue weighted by molar-refractivity contribution is -0.157. The van der Waals surface area contributed by atoms with Crippen LogP contribution in [0.2, 0.25) is 0 Å². The van der Waals surface area contributed by atoms with Crippen LogP contribution in [0.4, 0.5) is 0 Å². The van der Waals surface area contributed by atoms with E-state index in [0.717, 1.165) is 11.3 Å². The second kappa shape index (κ2) is 7.29. The third-order valence-corrected chi connectivity index (χ3v) is 7.46. The van der Waals surface area contributed by atoms with Crippen LogP contribution < -0.4 is 0 Å². The zero-order valence-electron chi connectivity index (χ0n) is 17.7. The third kappa shape index (κ3) is 3.30. The van der Waals surface area contributed by atoms with E-state index in [0.29, 0.717) is 54.6 Å². The third-order valence-electron chi connectivity index (χ3n) is 7.46. The predicted molar refractivity (Wildman–Crippen MR) is 104 cm³/mol. The topological polar surface area (TPSA) is 78.9 Å². The average Bonchev–Trinajstić information content (AvgIpc) is 3.26. The van der Waals surface area contributed by atoms with E-state index in [1.807, 2.05) is 13.8 Å². The van der Waals surface area contributed by atoms with Crippen LogP contribution in [0, 0.1) is 53.3 Å². The van der Waals surface area contributed by atoms with Crippen molar-refractivity contribution in [3.8, 4) is 0 Å². The van der Waals surface area contributed by atoms with Gasteiger partial charge in [-0.05, 0) is 54.9 Å². The quantitative estimate of drug-likeness (QED) is 0.294. The van der Waals surface area contributed by atoms with E-state index in [1.165, 1.54) is 20.8 Å². The van der Waals surface area contributed by atoms with E-state index in [9.17, 15) is 14.4 Å². The molecule has 3 saturated carbocycles. The summed E-state index contributed by atoms with van der Waals surface area (Å²) in [4.78, 5) is 34.5. The number of hydrogen-bond donors (Lipinski definition) is 0. The van der Waals surface area contributed by atoms with Crippen molar-refractivity contribution in [2.75, 3.05) is 13.2 Å². The van der Waals surface area contributed by atoms with Gasteiger partial charge in [-0.2, -0.15) is 0 Å². The number of esters is 3. The van der Waals surface area contributed by atoms with Crippen LogP contribution in [0.3, 0.4) is 0 Å². The van der Waals surface area contributed by atoms with Gasteiger partial charge >= 0.3 is 17.9 Å². The molecule has 5 rings (SSSR count). The van der Waals surface area contributed by atoms with Crippen LogP contribution in [-0.2, 0) is 28.6 Å². The number of ether oxygens (including phenoxy) is 3. The second-order valence-corrected chi connectivity index (χ2v) is 9.27. The van der Waals surface area contributed by atoms with Crippen molar-refractivity contribution in [2.45, 2.75) is 34.6 Å². The Balaban J connectivity index is 1.57. The first-order valence-electron chi connectivity index (χ1n) is 10.5. The molecule has 0 aromatic carbocycles. The molecule has 9 atom stereocenters. The van der Waals surface area contributed by atoms with Crippen LogP contribution in [-0.4, -0.2) is 31.1 Å². The molecule has 5 aliphatic carbocycles. The van der Waals surface area contributed by atoms with Crippen molar-refractivity contribution in [1.82, 2.24) is 0 Å². The fraction of sp³-hybridized carbons (Fsp3) is 0.696. The molecule has 0 amide bonds. The summed E-state index contributed by atoms with van der Waals surface area (Å²) in [7, 11) is 0.